The maximum atomic E-state index is 11.7. The van der Waals surface area contributed by atoms with Crippen LogP contribution in [-0.4, -0.2) is 13.0 Å². The van der Waals surface area contributed by atoms with Crippen LogP contribution in [0.3, 0.4) is 0 Å². The average molecular weight is 243 g/mol. The predicted molar refractivity (Wildman–Crippen MR) is 71.9 cm³/mol. The van der Waals surface area contributed by atoms with E-state index in [1.807, 2.05) is 30.3 Å². The Morgan fingerprint density at radius 2 is 1.94 bits per heavy atom. The van der Waals surface area contributed by atoms with Gasteiger partial charge in [0.2, 0.25) is 0 Å². The monoisotopic (exact) mass is 243 g/mol. The molecule has 0 aliphatic heterocycles. The highest BCUT2D eigenvalue weighted by molar-refractivity contribution is 6.06. The molecule has 0 radical (unpaired) electrons. The van der Waals surface area contributed by atoms with Crippen LogP contribution < -0.4 is 10.6 Å². The quantitative estimate of drug-likeness (QED) is 0.630. The molecule has 0 aromatic heterocycles. The third-order valence-corrected chi connectivity index (χ3v) is 2.49. The van der Waals surface area contributed by atoms with E-state index in [0.717, 1.165) is 0 Å². The Kier molecular flexibility index (Phi) is 4.94. The lowest BCUT2D eigenvalue weighted by Crippen LogP contribution is -2.15. The first-order valence-electron chi connectivity index (χ1n) is 5.77. The molecule has 94 valence electrons. The topological polar surface area (TPSA) is 64.9 Å². The molecule has 2 N–H and O–H groups in total. The van der Waals surface area contributed by atoms with Gasteiger partial charge in [-0.25, -0.2) is 0 Å². The van der Waals surface area contributed by atoms with Crippen LogP contribution in [0.15, 0.2) is 36.0 Å². The molecule has 0 fully saturated rings. The summed E-state index contributed by atoms with van der Waals surface area (Å²) < 4.78 is 0. The van der Waals surface area contributed by atoms with Crippen LogP contribution in [-0.2, 0) is 4.79 Å². The molecule has 0 aliphatic carbocycles. The third-order valence-electron chi connectivity index (χ3n) is 2.49. The molecule has 0 atom stereocenters. The van der Waals surface area contributed by atoms with Crippen molar-refractivity contribution in [3.63, 3.8) is 0 Å². The van der Waals surface area contributed by atoms with Crippen LogP contribution in [0.1, 0.15) is 25.3 Å². The highest BCUT2D eigenvalue weighted by Crippen LogP contribution is 2.17. The Labute approximate surface area is 107 Å². The predicted octanol–water partition coefficient (Wildman–Crippen LogP) is 2.38. The SMILES string of the molecule is CN/C=C(/C#N)C(=O)Nc1ccc(C(C)C)cc1. The second kappa shape index (κ2) is 6.45. The molecule has 0 saturated carbocycles. The number of nitriles is 1. The third kappa shape index (κ3) is 3.63. The number of carbonyl (C=O) groups is 1. The van der Waals surface area contributed by atoms with Gasteiger partial charge in [0, 0.05) is 18.9 Å². The van der Waals surface area contributed by atoms with E-state index in [1.165, 1.54) is 11.8 Å². The van der Waals surface area contributed by atoms with Crippen LogP contribution in [0.5, 0.6) is 0 Å². The normalized spacial score (nSPS) is 10.9. The number of hydrogen-bond acceptors (Lipinski definition) is 3. The Hall–Kier alpha value is -2.28. The zero-order valence-electron chi connectivity index (χ0n) is 10.8. The molecule has 0 bridgehead atoms. The fourth-order valence-corrected chi connectivity index (χ4v) is 1.44. The lowest BCUT2D eigenvalue weighted by Gasteiger charge is -2.08. The molecule has 4 nitrogen and oxygen atoms in total. The van der Waals surface area contributed by atoms with Gasteiger partial charge in [-0.1, -0.05) is 26.0 Å². The summed E-state index contributed by atoms with van der Waals surface area (Å²) in [6.07, 6.45) is 1.37. The van der Waals surface area contributed by atoms with Crippen LogP contribution in [0.25, 0.3) is 0 Å². The van der Waals surface area contributed by atoms with Crippen LogP contribution in [0.4, 0.5) is 5.69 Å². The summed E-state index contributed by atoms with van der Waals surface area (Å²) in [5.41, 5.74) is 1.94. The van der Waals surface area contributed by atoms with Crippen molar-refractivity contribution in [1.82, 2.24) is 5.32 Å². The molecule has 0 unspecified atom stereocenters. The van der Waals surface area contributed by atoms with Gasteiger partial charge in [-0.05, 0) is 23.6 Å². The standard InChI is InChI=1S/C14H17N3O/c1-10(2)11-4-6-13(7-5-11)17-14(18)12(8-15)9-16-3/h4-7,9-10,16H,1-3H3,(H,17,18)/b12-9-. The zero-order chi connectivity index (χ0) is 13.5. The smallest absolute Gasteiger partial charge is 0.267 e. The molecule has 1 amide bonds. The molecule has 0 aliphatic rings. The van der Waals surface area contributed by atoms with E-state index in [9.17, 15) is 4.79 Å². The summed E-state index contributed by atoms with van der Waals surface area (Å²) in [6, 6.07) is 9.44. The molecular formula is C14H17N3O. The number of anilines is 1. The van der Waals surface area contributed by atoms with Crippen molar-refractivity contribution in [3.05, 3.63) is 41.6 Å². The first-order valence-corrected chi connectivity index (χ1v) is 5.77. The number of amides is 1. The number of hydrogen-bond donors (Lipinski definition) is 2. The van der Waals surface area contributed by atoms with Gasteiger partial charge in [0.25, 0.3) is 5.91 Å². The van der Waals surface area contributed by atoms with Crippen molar-refractivity contribution in [2.45, 2.75) is 19.8 Å². The van der Waals surface area contributed by atoms with Gasteiger partial charge in [-0.3, -0.25) is 4.79 Å². The number of nitrogens with one attached hydrogen (secondary N) is 2. The molecule has 18 heavy (non-hydrogen) atoms. The van der Waals surface area contributed by atoms with Crippen molar-refractivity contribution < 1.29 is 4.79 Å². The summed E-state index contributed by atoms with van der Waals surface area (Å²) in [5.74, 6) is 0.0396. The summed E-state index contributed by atoms with van der Waals surface area (Å²) in [4.78, 5) is 11.7. The molecule has 0 spiro atoms. The largest absolute Gasteiger partial charge is 0.393 e. The van der Waals surface area contributed by atoms with E-state index in [-0.39, 0.29) is 5.57 Å². The van der Waals surface area contributed by atoms with E-state index in [2.05, 4.69) is 24.5 Å². The highest BCUT2D eigenvalue weighted by Gasteiger charge is 2.08. The van der Waals surface area contributed by atoms with Gasteiger partial charge in [0.05, 0.1) is 0 Å². The Bertz CT molecular complexity index is 481. The Morgan fingerprint density at radius 3 is 2.39 bits per heavy atom. The summed E-state index contributed by atoms with van der Waals surface area (Å²) in [7, 11) is 1.64. The van der Waals surface area contributed by atoms with E-state index < -0.39 is 5.91 Å². The molecular weight excluding hydrogens is 226 g/mol. The van der Waals surface area contributed by atoms with Gasteiger partial charge in [0.15, 0.2) is 0 Å². The minimum atomic E-state index is -0.413. The fourth-order valence-electron chi connectivity index (χ4n) is 1.44. The van der Waals surface area contributed by atoms with Gasteiger partial charge < -0.3 is 10.6 Å². The maximum Gasteiger partial charge on any atom is 0.267 e. The van der Waals surface area contributed by atoms with Crippen molar-refractivity contribution in [2.24, 2.45) is 0 Å². The van der Waals surface area contributed by atoms with Gasteiger partial charge in [-0.2, -0.15) is 5.26 Å². The molecule has 1 aromatic rings. The first kappa shape index (κ1) is 13.8. The number of benzene rings is 1. The summed E-state index contributed by atoms with van der Waals surface area (Å²) >= 11 is 0. The number of carbonyl (C=O) groups excluding carboxylic acids is 1. The van der Waals surface area contributed by atoms with E-state index in [4.69, 9.17) is 5.26 Å². The van der Waals surface area contributed by atoms with Crippen LogP contribution in [0.2, 0.25) is 0 Å². The minimum absolute atomic E-state index is 0.0467. The Morgan fingerprint density at radius 1 is 1.33 bits per heavy atom. The zero-order valence-corrected chi connectivity index (χ0v) is 10.8. The van der Waals surface area contributed by atoms with Crippen molar-refractivity contribution in [3.8, 4) is 6.07 Å². The second-order valence-electron chi connectivity index (χ2n) is 4.19. The van der Waals surface area contributed by atoms with Crippen LogP contribution in [0, 0.1) is 11.3 Å². The van der Waals surface area contributed by atoms with E-state index in [1.54, 1.807) is 7.05 Å². The lowest BCUT2D eigenvalue weighted by molar-refractivity contribution is -0.112. The summed E-state index contributed by atoms with van der Waals surface area (Å²) in [5, 5.41) is 14.1. The van der Waals surface area contributed by atoms with Crippen molar-refractivity contribution in [2.75, 3.05) is 12.4 Å². The second-order valence-corrected chi connectivity index (χ2v) is 4.19. The van der Waals surface area contributed by atoms with Crippen molar-refractivity contribution >= 4 is 11.6 Å². The molecule has 1 aromatic carbocycles. The number of nitrogens with zero attached hydrogens (tertiary/aromatic N) is 1. The maximum absolute atomic E-state index is 11.7. The molecule has 1 rings (SSSR count). The van der Waals surface area contributed by atoms with Crippen molar-refractivity contribution in [1.29, 1.82) is 5.26 Å². The van der Waals surface area contributed by atoms with E-state index in [0.29, 0.717) is 11.6 Å². The Balaban J connectivity index is 2.77. The molecule has 4 heteroatoms. The fraction of sp³-hybridized carbons (Fsp3) is 0.286. The van der Waals surface area contributed by atoms with Gasteiger partial charge in [-0.15, -0.1) is 0 Å². The van der Waals surface area contributed by atoms with Gasteiger partial charge in [0.1, 0.15) is 11.6 Å². The summed E-state index contributed by atoms with van der Waals surface area (Å²) in [6.45, 7) is 4.22. The van der Waals surface area contributed by atoms with Crippen LogP contribution >= 0.6 is 0 Å². The molecule has 0 heterocycles. The highest BCUT2D eigenvalue weighted by atomic mass is 16.1. The lowest BCUT2D eigenvalue weighted by atomic mass is 10.0. The van der Waals surface area contributed by atoms with Gasteiger partial charge >= 0.3 is 0 Å². The number of rotatable bonds is 4. The first-order chi connectivity index (χ1) is 8.58. The average Bonchev–Trinajstić information content (AvgIpc) is 2.36. The molecule has 0 saturated heterocycles. The van der Waals surface area contributed by atoms with E-state index >= 15 is 0 Å². The minimum Gasteiger partial charge on any atom is -0.393 e.